The van der Waals surface area contributed by atoms with Crippen molar-refractivity contribution < 1.29 is 9.53 Å². The second kappa shape index (κ2) is 13.2. The molecule has 0 radical (unpaired) electrons. The van der Waals surface area contributed by atoms with Gasteiger partial charge in [-0.1, -0.05) is 54.1 Å². The number of hydrogen-bond donors (Lipinski definition) is 2. The van der Waals surface area contributed by atoms with Gasteiger partial charge in [0, 0.05) is 54.2 Å². The number of nitrogens with zero attached hydrogens (tertiary/aromatic N) is 3. The number of halogens is 1. The number of pyridine rings is 3. The molecule has 5 rings (SSSR count). The van der Waals surface area contributed by atoms with Gasteiger partial charge in [0.15, 0.2) is 0 Å². The molecule has 1 amide bonds. The first-order chi connectivity index (χ1) is 19.5. The molecule has 0 saturated heterocycles. The number of rotatable bonds is 11. The second-order valence-electron chi connectivity index (χ2n) is 9.48. The first-order valence-corrected chi connectivity index (χ1v) is 13.5. The van der Waals surface area contributed by atoms with E-state index >= 15 is 0 Å². The van der Waals surface area contributed by atoms with Gasteiger partial charge in [0.25, 0.3) is 5.91 Å². The fourth-order valence-corrected chi connectivity index (χ4v) is 4.52. The van der Waals surface area contributed by atoms with Gasteiger partial charge in [-0.05, 0) is 60.0 Å². The van der Waals surface area contributed by atoms with Crippen molar-refractivity contribution in [1.82, 2.24) is 20.3 Å². The summed E-state index contributed by atoms with van der Waals surface area (Å²) in [6, 6.07) is 25.5. The number of carbonyl (C=O) groups excluding carboxylic acids is 1. The summed E-state index contributed by atoms with van der Waals surface area (Å²) < 4.78 is 5.72. The molecule has 0 saturated carbocycles. The van der Waals surface area contributed by atoms with Gasteiger partial charge >= 0.3 is 0 Å². The molecule has 0 spiro atoms. The van der Waals surface area contributed by atoms with E-state index in [2.05, 4.69) is 31.7 Å². The normalized spacial score (nSPS) is 10.9. The Morgan fingerprint density at radius 2 is 1.82 bits per heavy atom. The van der Waals surface area contributed by atoms with E-state index in [1.165, 1.54) is 0 Å². The zero-order chi connectivity index (χ0) is 27.7. The molecule has 40 heavy (non-hydrogen) atoms. The maximum absolute atomic E-state index is 12.9. The van der Waals surface area contributed by atoms with Crippen LogP contribution in [0.2, 0.25) is 5.02 Å². The predicted octanol–water partition coefficient (Wildman–Crippen LogP) is 6.14. The number of benzene rings is 2. The molecule has 3 heterocycles. The lowest BCUT2D eigenvalue weighted by molar-refractivity contribution is 0.0950. The Kier molecular flexibility index (Phi) is 8.96. The van der Waals surface area contributed by atoms with Crippen LogP contribution >= 0.6 is 11.6 Å². The van der Waals surface area contributed by atoms with Crippen LogP contribution < -0.4 is 10.6 Å². The third-order valence-electron chi connectivity index (χ3n) is 6.48. The minimum Gasteiger partial charge on any atom is -0.375 e. The Morgan fingerprint density at radius 3 is 2.67 bits per heavy atom. The van der Waals surface area contributed by atoms with Crippen molar-refractivity contribution in [2.75, 3.05) is 18.5 Å². The lowest BCUT2D eigenvalue weighted by Crippen LogP contribution is -2.23. The zero-order valence-corrected chi connectivity index (χ0v) is 23.0. The van der Waals surface area contributed by atoms with Gasteiger partial charge in [0.2, 0.25) is 0 Å². The average Bonchev–Trinajstić information content (AvgIpc) is 2.97. The van der Waals surface area contributed by atoms with E-state index in [4.69, 9.17) is 16.3 Å². The number of amides is 1. The van der Waals surface area contributed by atoms with Crippen LogP contribution in [0.15, 0.2) is 91.3 Å². The third-order valence-corrected chi connectivity index (χ3v) is 6.68. The molecule has 0 unspecified atom stereocenters. The average molecular weight is 552 g/mol. The Labute approximate surface area is 238 Å². The predicted molar refractivity (Wildman–Crippen MR) is 159 cm³/mol. The monoisotopic (exact) mass is 551 g/mol. The van der Waals surface area contributed by atoms with E-state index < -0.39 is 0 Å². The van der Waals surface area contributed by atoms with Gasteiger partial charge in [-0.15, -0.1) is 0 Å². The Hall–Kier alpha value is -4.33. The van der Waals surface area contributed by atoms with E-state index in [1.54, 1.807) is 18.5 Å². The molecule has 0 aliphatic carbocycles. The number of anilines is 1. The lowest BCUT2D eigenvalue weighted by atomic mass is 10.0. The van der Waals surface area contributed by atoms with E-state index in [9.17, 15) is 4.79 Å². The van der Waals surface area contributed by atoms with Crippen LogP contribution in [0, 0.1) is 6.92 Å². The molecule has 5 aromatic rings. The largest absolute Gasteiger partial charge is 0.375 e. The van der Waals surface area contributed by atoms with Gasteiger partial charge in [0.05, 0.1) is 23.8 Å². The summed E-state index contributed by atoms with van der Waals surface area (Å²) in [5.74, 6) is 0.622. The van der Waals surface area contributed by atoms with E-state index in [1.807, 2.05) is 73.7 Å². The highest BCUT2D eigenvalue weighted by molar-refractivity contribution is 6.31. The molecule has 2 N–H and O–H groups in total. The first-order valence-electron chi connectivity index (χ1n) is 13.1. The molecular formula is C32H30ClN5O2. The summed E-state index contributed by atoms with van der Waals surface area (Å²) in [6.45, 7) is 4.14. The van der Waals surface area contributed by atoms with Crippen LogP contribution in [-0.4, -0.2) is 34.0 Å². The fourth-order valence-electron chi connectivity index (χ4n) is 4.36. The van der Waals surface area contributed by atoms with E-state index in [0.29, 0.717) is 43.3 Å². The molecule has 0 bridgehead atoms. The SMILES string of the molecule is Cc1nc(NCCOCc2ccccc2)ccc1CNC(=O)c1ccnc(Cc2ccc3ncc(Cl)cc3c2)c1. The van der Waals surface area contributed by atoms with Crippen molar-refractivity contribution >= 4 is 34.2 Å². The maximum atomic E-state index is 12.9. The molecule has 0 aliphatic rings. The number of hydrogen-bond acceptors (Lipinski definition) is 6. The smallest absolute Gasteiger partial charge is 0.251 e. The Bertz CT molecular complexity index is 1610. The number of carbonyl (C=O) groups is 1. The molecule has 202 valence electrons. The summed E-state index contributed by atoms with van der Waals surface area (Å²) in [6.07, 6.45) is 3.90. The van der Waals surface area contributed by atoms with Gasteiger partial charge in [-0.3, -0.25) is 14.8 Å². The number of aromatic nitrogens is 3. The molecule has 2 aromatic carbocycles. The first kappa shape index (κ1) is 27.2. The van der Waals surface area contributed by atoms with E-state index in [-0.39, 0.29) is 5.91 Å². The van der Waals surface area contributed by atoms with Crippen molar-refractivity contribution in [2.45, 2.75) is 26.5 Å². The fraction of sp³-hybridized carbons (Fsp3) is 0.188. The topological polar surface area (TPSA) is 89.0 Å². The van der Waals surface area contributed by atoms with Crippen LogP contribution in [0.3, 0.4) is 0 Å². The number of aryl methyl sites for hydroxylation is 1. The molecule has 3 aromatic heterocycles. The van der Waals surface area contributed by atoms with Crippen LogP contribution in [0.1, 0.15) is 38.4 Å². The number of nitrogens with one attached hydrogen (secondary N) is 2. The Morgan fingerprint density at radius 1 is 0.950 bits per heavy atom. The summed E-state index contributed by atoms with van der Waals surface area (Å²) in [5, 5.41) is 7.86. The molecule has 0 aliphatic heterocycles. The summed E-state index contributed by atoms with van der Waals surface area (Å²) in [4.78, 5) is 26.3. The highest BCUT2D eigenvalue weighted by atomic mass is 35.5. The van der Waals surface area contributed by atoms with Crippen molar-refractivity contribution in [1.29, 1.82) is 0 Å². The molecule has 0 atom stereocenters. The maximum Gasteiger partial charge on any atom is 0.251 e. The summed E-state index contributed by atoms with van der Waals surface area (Å²) in [5.41, 5.74) is 6.29. The van der Waals surface area contributed by atoms with Crippen molar-refractivity contribution in [3.8, 4) is 0 Å². The highest BCUT2D eigenvalue weighted by Gasteiger charge is 2.10. The summed E-state index contributed by atoms with van der Waals surface area (Å²) >= 11 is 6.10. The van der Waals surface area contributed by atoms with Gasteiger partial charge in [-0.2, -0.15) is 0 Å². The molecule has 7 nitrogen and oxygen atoms in total. The van der Waals surface area contributed by atoms with Gasteiger partial charge < -0.3 is 15.4 Å². The van der Waals surface area contributed by atoms with E-state index in [0.717, 1.165) is 44.8 Å². The number of ether oxygens (including phenoxy) is 1. The molecule has 0 fully saturated rings. The van der Waals surface area contributed by atoms with Crippen molar-refractivity contribution in [2.24, 2.45) is 0 Å². The van der Waals surface area contributed by atoms with Crippen LogP contribution in [0.4, 0.5) is 5.82 Å². The zero-order valence-electron chi connectivity index (χ0n) is 22.2. The minimum absolute atomic E-state index is 0.157. The molecule has 8 heteroatoms. The minimum atomic E-state index is -0.157. The third kappa shape index (κ3) is 7.40. The van der Waals surface area contributed by atoms with Crippen LogP contribution in [-0.2, 0) is 24.3 Å². The number of fused-ring (bicyclic) bond motifs is 1. The Balaban J connectivity index is 1.11. The van der Waals surface area contributed by atoms with Gasteiger partial charge in [-0.25, -0.2) is 4.98 Å². The second-order valence-corrected chi connectivity index (χ2v) is 9.92. The quantitative estimate of drug-likeness (QED) is 0.192. The summed E-state index contributed by atoms with van der Waals surface area (Å²) in [7, 11) is 0. The van der Waals surface area contributed by atoms with Gasteiger partial charge in [0.1, 0.15) is 5.82 Å². The van der Waals surface area contributed by atoms with Crippen LogP contribution in [0.25, 0.3) is 10.9 Å². The van der Waals surface area contributed by atoms with Crippen molar-refractivity contribution in [3.05, 3.63) is 130 Å². The highest BCUT2D eigenvalue weighted by Crippen LogP contribution is 2.20. The lowest BCUT2D eigenvalue weighted by Gasteiger charge is -2.11. The van der Waals surface area contributed by atoms with Crippen LogP contribution in [0.5, 0.6) is 0 Å². The standard InChI is InChI=1S/C32H30ClN5O2/c1-22-26(8-10-31(38-22)35-13-14-40-21-23-5-3-2-4-6-23)19-37-32(39)25-11-12-34-29(18-25)16-24-7-9-30-27(15-24)17-28(33)20-36-30/h2-12,15,17-18,20H,13-14,16,19,21H2,1H3,(H,35,38)(H,37,39). The van der Waals surface area contributed by atoms with Crippen molar-refractivity contribution in [3.63, 3.8) is 0 Å². The molecular weight excluding hydrogens is 522 g/mol.